The van der Waals surface area contributed by atoms with Gasteiger partial charge in [-0.1, -0.05) is 6.92 Å². The minimum atomic E-state index is -0.968. The van der Waals surface area contributed by atoms with Gasteiger partial charge in [0.15, 0.2) is 17.4 Å². The molecule has 86 valence electrons. The number of benzene rings is 1. The first-order valence-electron chi connectivity index (χ1n) is 5.29. The number of Topliss-reactive ketones (excluding diaryl/α,β-unsaturated/α-hetero) is 1. The van der Waals surface area contributed by atoms with E-state index in [1.807, 2.05) is 6.92 Å². The molecule has 1 aliphatic rings. The van der Waals surface area contributed by atoms with Crippen molar-refractivity contribution in [1.29, 1.82) is 0 Å². The fourth-order valence-corrected chi connectivity index (χ4v) is 2.02. The molecule has 1 aromatic carbocycles. The first-order chi connectivity index (χ1) is 7.59. The van der Waals surface area contributed by atoms with Crippen molar-refractivity contribution in [1.82, 2.24) is 5.32 Å². The second-order valence-electron chi connectivity index (χ2n) is 4.24. The minimum Gasteiger partial charge on any atom is -0.316 e. The van der Waals surface area contributed by atoms with E-state index in [1.54, 1.807) is 0 Å². The van der Waals surface area contributed by atoms with Gasteiger partial charge in [0.05, 0.1) is 0 Å². The molecule has 2 atom stereocenters. The van der Waals surface area contributed by atoms with Gasteiger partial charge in [0, 0.05) is 18.0 Å². The number of carbonyl (C=O) groups is 1. The van der Waals surface area contributed by atoms with Gasteiger partial charge in [-0.15, -0.1) is 0 Å². The fraction of sp³-hybridized carbons (Fsp3) is 0.417. The number of nitrogens with one attached hydrogen (secondary N) is 1. The predicted molar refractivity (Wildman–Crippen MR) is 56.2 cm³/mol. The quantitative estimate of drug-likeness (QED) is 0.780. The number of hydrogen-bond acceptors (Lipinski definition) is 2. The van der Waals surface area contributed by atoms with Crippen molar-refractivity contribution in [3.8, 4) is 0 Å². The summed E-state index contributed by atoms with van der Waals surface area (Å²) in [6.45, 7) is 3.38. The minimum absolute atomic E-state index is 0.114. The fourth-order valence-electron chi connectivity index (χ4n) is 2.02. The number of carbonyl (C=O) groups excluding carboxylic acids is 1. The molecular weight excluding hydrogens is 212 g/mol. The number of ketones is 1. The van der Waals surface area contributed by atoms with Crippen molar-refractivity contribution < 1.29 is 13.6 Å². The number of halogens is 2. The lowest BCUT2D eigenvalue weighted by Gasteiger charge is -2.12. The van der Waals surface area contributed by atoms with E-state index in [0.717, 1.165) is 18.7 Å². The van der Waals surface area contributed by atoms with Crippen LogP contribution in [0.3, 0.4) is 0 Å². The highest BCUT2D eigenvalue weighted by molar-refractivity contribution is 5.98. The molecule has 1 fully saturated rings. The van der Waals surface area contributed by atoms with E-state index in [1.165, 1.54) is 6.07 Å². The van der Waals surface area contributed by atoms with Crippen LogP contribution in [0.25, 0.3) is 0 Å². The Kier molecular flexibility index (Phi) is 3.01. The molecule has 0 radical (unpaired) electrons. The maximum Gasteiger partial charge on any atom is 0.167 e. The summed E-state index contributed by atoms with van der Waals surface area (Å²) < 4.78 is 25.7. The number of rotatable bonds is 2. The van der Waals surface area contributed by atoms with Crippen LogP contribution in [0.1, 0.15) is 17.3 Å². The van der Waals surface area contributed by atoms with E-state index < -0.39 is 11.6 Å². The Balaban J connectivity index is 2.23. The molecule has 0 amide bonds. The van der Waals surface area contributed by atoms with E-state index in [-0.39, 0.29) is 23.2 Å². The molecule has 1 N–H and O–H groups in total. The van der Waals surface area contributed by atoms with Crippen LogP contribution in [0.2, 0.25) is 0 Å². The van der Waals surface area contributed by atoms with Crippen LogP contribution in [0.15, 0.2) is 18.2 Å². The van der Waals surface area contributed by atoms with Gasteiger partial charge >= 0.3 is 0 Å². The van der Waals surface area contributed by atoms with Crippen molar-refractivity contribution in [2.75, 3.05) is 13.1 Å². The second kappa shape index (κ2) is 4.29. The first-order valence-corrected chi connectivity index (χ1v) is 5.29. The lowest BCUT2D eigenvalue weighted by Crippen LogP contribution is -2.21. The summed E-state index contributed by atoms with van der Waals surface area (Å²) in [7, 11) is 0. The molecule has 2 nitrogen and oxygen atoms in total. The molecule has 0 spiro atoms. The van der Waals surface area contributed by atoms with Gasteiger partial charge in [0.25, 0.3) is 0 Å². The van der Waals surface area contributed by atoms with Gasteiger partial charge in [-0.3, -0.25) is 4.79 Å². The highest BCUT2D eigenvalue weighted by Gasteiger charge is 2.30. The highest BCUT2D eigenvalue weighted by atomic mass is 19.2. The third-order valence-corrected chi connectivity index (χ3v) is 3.06. The van der Waals surface area contributed by atoms with Crippen LogP contribution in [0.4, 0.5) is 8.78 Å². The molecular formula is C12H13F2NO. The van der Waals surface area contributed by atoms with E-state index >= 15 is 0 Å². The molecule has 1 saturated heterocycles. The first kappa shape index (κ1) is 11.2. The van der Waals surface area contributed by atoms with Crippen LogP contribution < -0.4 is 5.32 Å². The van der Waals surface area contributed by atoms with Gasteiger partial charge in [0.1, 0.15) is 0 Å². The Labute approximate surface area is 92.7 Å². The Hall–Kier alpha value is -1.29. The highest BCUT2D eigenvalue weighted by Crippen LogP contribution is 2.21. The maximum atomic E-state index is 13.0. The summed E-state index contributed by atoms with van der Waals surface area (Å²) in [5.41, 5.74) is 0.249. The van der Waals surface area contributed by atoms with Crippen LogP contribution in [-0.2, 0) is 0 Å². The van der Waals surface area contributed by atoms with Crippen molar-refractivity contribution >= 4 is 5.78 Å². The average Bonchev–Trinajstić information content (AvgIpc) is 2.67. The molecule has 16 heavy (non-hydrogen) atoms. The van der Waals surface area contributed by atoms with Gasteiger partial charge < -0.3 is 5.32 Å². The molecule has 4 heteroatoms. The standard InChI is InChI=1S/C12H13F2NO/c1-7-5-15-6-9(7)12(16)8-2-3-10(13)11(14)4-8/h2-4,7,9,15H,5-6H2,1H3. The molecule has 0 saturated carbocycles. The summed E-state index contributed by atoms with van der Waals surface area (Å²) >= 11 is 0. The summed E-state index contributed by atoms with van der Waals surface area (Å²) in [5.74, 6) is -1.90. The lowest BCUT2D eigenvalue weighted by molar-refractivity contribution is 0.0907. The molecule has 1 aliphatic heterocycles. The lowest BCUT2D eigenvalue weighted by atomic mass is 9.90. The molecule has 2 unspecified atom stereocenters. The normalized spacial score (nSPS) is 24.7. The van der Waals surface area contributed by atoms with Gasteiger partial charge in [-0.25, -0.2) is 8.78 Å². The molecule has 0 aromatic heterocycles. The van der Waals surface area contributed by atoms with Crippen LogP contribution in [0.5, 0.6) is 0 Å². The molecule has 0 bridgehead atoms. The van der Waals surface area contributed by atoms with Gasteiger partial charge in [-0.05, 0) is 30.7 Å². The zero-order valence-corrected chi connectivity index (χ0v) is 8.97. The molecule has 1 aromatic rings. The summed E-state index contributed by atoms with van der Waals surface area (Å²) in [6, 6.07) is 3.31. The van der Waals surface area contributed by atoms with Crippen LogP contribution in [0, 0.1) is 23.5 Å². The zero-order chi connectivity index (χ0) is 11.7. The van der Waals surface area contributed by atoms with Crippen molar-refractivity contribution in [3.63, 3.8) is 0 Å². The number of hydrogen-bond donors (Lipinski definition) is 1. The Morgan fingerprint density at radius 2 is 2.06 bits per heavy atom. The maximum absolute atomic E-state index is 13.0. The van der Waals surface area contributed by atoms with E-state index in [2.05, 4.69) is 5.32 Å². The summed E-state index contributed by atoms with van der Waals surface area (Å²) in [5, 5.41) is 3.11. The van der Waals surface area contributed by atoms with Gasteiger partial charge in [0.2, 0.25) is 0 Å². The smallest absolute Gasteiger partial charge is 0.167 e. The largest absolute Gasteiger partial charge is 0.316 e. The third kappa shape index (κ3) is 1.97. The van der Waals surface area contributed by atoms with Crippen LogP contribution >= 0.6 is 0 Å². The van der Waals surface area contributed by atoms with E-state index in [0.29, 0.717) is 6.54 Å². The van der Waals surface area contributed by atoms with Crippen LogP contribution in [-0.4, -0.2) is 18.9 Å². The predicted octanol–water partition coefficient (Wildman–Crippen LogP) is 2.00. The topological polar surface area (TPSA) is 29.1 Å². The van der Waals surface area contributed by atoms with Crippen molar-refractivity contribution in [3.05, 3.63) is 35.4 Å². The zero-order valence-electron chi connectivity index (χ0n) is 8.97. The van der Waals surface area contributed by atoms with E-state index in [9.17, 15) is 13.6 Å². The van der Waals surface area contributed by atoms with Crippen molar-refractivity contribution in [2.24, 2.45) is 11.8 Å². The molecule has 1 heterocycles. The molecule has 0 aliphatic carbocycles. The Morgan fingerprint density at radius 1 is 1.31 bits per heavy atom. The average molecular weight is 225 g/mol. The van der Waals surface area contributed by atoms with Crippen molar-refractivity contribution in [2.45, 2.75) is 6.92 Å². The Morgan fingerprint density at radius 3 is 2.62 bits per heavy atom. The Bertz CT molecular complexity index is 419. The summed E-state index contributed by atoms with van der Waals surface area (Å²) in [6.07, 6.45) is 0. The van der Waals surface area contributed by atoms with Gasteiger partial charge in [-0.2, -0.15) is 0 Å². The summed E-state index contributed by atoms with van der Waals surface area (Å²) in [4.78, 5) is 12.0. The monoisotopic (exact) mass is 225 g/mol. The SMILES string of the molecule is CC1CNCC1C(=O)c1ccc(F)c(F)c1. The molecule has 2 rings (SSSR count). The van der Waals surface area contributed by atoms with E-state index in [4.69, 9.17) is 0 Å². The third-order valence-electron chi connectivity index (χ3n) is 3.06. The second-order valence-corrected chi connectivity index (χ2v) is 4.24.